The van der Waals surface area contributed by atoms with Crippen LogP contribution in [0.5, 0.6) is 5.75 Å². The number of hydrogen-bond donors (Lipinski definition) is 2. The predicted octanol–water partition coefficient (Wildman–Crippen LogP) is 3.85. The number of nitrogens with one attached hydrogen (secondary N) is 2. The lowest BCUT2D eigenvalue weighted by atomic mass is 10.0. The van der Waals surface area contributed by atoms with E-state index in [0.717, 1.165) is 30.8 Å². The van der Waals surface area contributed by atoms with Crippen molar-refractivity contribution in [3.8, 4) is 5.75 Å². The van der Waals surface area contributed by atoms with Crippen LogP contribution >= 0.6 is 12.4 Å². The van der Waals surface area contributed by atoms with E-state index in [1.54, 1.807) is 6.07 Å². The molecule has 2 aromatic rings. The summed E-state index contributed by atoms with van der Waals surface area (Å²) in [7, 11) is 0. The predicted molar refractivity (Wildman–Crippen MR) is 132 cm³/mol. The van der Waals surface area contributed by atoms with E-state index < -0.39 is 11.7 Å². The zero-order valence-corrected chi connectivity index (χ0v) is 19.8. The lowest BCUT2D eigenvalue weighted by Gasteiger charge is -2.30. The van der Waals surface area contributed by atoms with Gasteiger partial charge in [-0.25, -0.2) is 4.39 Å². The van der Waals surface area contributed by atoms with Gasteiger partial charge < -0.3 is 25.2 Å². The molecule has 0 unspecified atom stereocenters. The third-order valence-electron chi connectivity index (χ3n) is 6.38. The van der Waals surface area contributed by atoms with E-state index in [0.29, 0.717) is 25.5 Å². The number of carbonyl (C=O) groups is 2. The maximum atomic E-state index is 14.6. The first-order chi connectivity index (χ1) is 16.1. The van der Waals surface area contributed by atoms with Crippen LogP contribution in [-0.2, 0) is 9.59 Å². The first-order valence-electron chi connectivity index (χ1n) is 11.5. The largest absolute Gasteiger partial charge is 0.489 e. The molecule has 0 spiro atoms. The average molecular weight is 487 g/mol. The molecule has 34 heavy (non-hydrogen) atoms. The van der Waals surface area contributed by atoms with Crippen molar-refractivity contribution in [1.82, 2.24) is 5.32 Å². The van der Waals surface area contributed by atoms with E-state index in [9.17, 15) is 14.0 Å². The Balaban J connectivity index is 0.00000274. The van der Waals surface area contributed by atoms with E-state index in [4.69, 9.17) is 4.74 Å². The Hall–Kier alpha value is -3.10. The normalized spacial score (nSPS) is 19.0. The number of Topliss-reactive ketones (excluding diaryl/α,β-unsaturated/α-hetero) is 1. The fourth-order valence-corrected chi connectivity index (χ4v) is 4.78. The molecule has 5 rings (SSSR count). The molecule has 7 nitrogen and oxygen atoms in total. The number of amides is 1. The minimum absolute atomic E-state index is 0. The zero-order valence-electron chi connectivity index (χ0n) is 19.0. The fourth-order valence-electron chi connectivity index (χ4n) is 4.78. The molecular weight excluding hydrogens is 459 g/mol. The number of nitrogens with zero attached hydrogens (tertiary/aromatic N) is 2. The summed E-state index contributed by atoms with van der Waals surface area (Å²) in [5.41, 5.74) is 2.34. The third-order valence-corrected chi connectivity index (χ3v) is 6.38. The number of fused-ring (bicyclic) bond motifs is 3. The Morgan fingerprint density at radius 3 is 2.74 bits per heavy atom. The first kappa shape index (κ1) is 24.0. The van der Waals surface area contributed by atoms with Crippen LogP contribution in [0.15, 0.2) is 53.9 Å². The van der Waals surface area contributed by atoms with Crippen molar-refractivity contribution >= 4 is 41.2 Å². The molecule has 3 heterocycles. The van der Waals surface area contributed by atoms with E-state index in [-0.39, 0.29) is 47.7 Å². The number of ether oxygens (including phenoxy) is 1. The number of carbonyl (C=O) groups excluding carboxylic acids is 2. The van der Waals surface area contributed by atoms with Crippen LogP contribution in [0.4, 0.5) is 21.5 Å². The molecule has 1 atom stereocenters. The van der Waals surface area contributed by atoms with Crippen LogP contribution in [-0.4, -0.2) is 44.0 Å². The van der Waals surface area contributed by atoms with Crippen molar-refractivity contribution in [3.63, 3.8) is 0 Å². The van der Waals surface area contributed by atoms with Crippen LogP contribution < -0.4 is 25.2 Å². The van der Waals surface area contributed by atoms with Gasteiger partial charge in [0.25, 0.3) is 5.91 Å². The summed E-state index contributed by atoms with van der Waals surface area (Å²) in [4.78, 5) is 30.1. The Bertz CT molecular complexity index is 1120. The van der Waals surface area contributed by atoms with Crippen LogP contribution in [0.3, 0.4) is 0 Å². The molecule has 0 bridgehead atoms. The first-order valence-corrected chi connectivity index (χ1v) is 11.5. The van der Waals surface area contributed by atoms with Crippen LogP contribution in [0, 0.1) is 5.82 Å². The molecule has 3 aliphatic heterocycles. The van der Waals surface area contributed by atoms with Gasteiger partial charge in [-0.1, -0.05) is 12.1 Å². The Morgan fingerprint density at radius 2 is 2.03 bits per heavy atom. The smallest absolute Gasteiger partial charge is 0.263 e. The maximum Gasteiger partial charge on any atom is 0.263 e. The van der Waals surface area contributed by atoms with E-state index in [2.05, 4.69) is 10.6 Å². The van der Waals surface area contributed by atoms with Gasteiger partial charge in [0.05, 0.1) is 11.4 Å². The van der Waals surface area contributed by atoms with Gasteiger partial charge in [0.2, 0.25) is 0 Å². The summed E-state index contributed by atoms with van der Waals surface area (Å²) in [6.07, 6.45) is 2.35. The quantitative estimate of drug-likeness (QED) is 0.604. The van der Waals surface area contributed by atoms with Gasteiger partial charge in [-0.3, -0.25) is 9.59 Å². The number of rotatable bonds is 6. The third kappa shape index (κ3) is 4.35. The van der Waals surface area contributed by atoms with Gasteiger partial charge in [-0.05, 0) is 50.6 Å². The number of anilines is 3. The number of hydrogen-bond acceptors (Lipinski definition) is 6. The number of benzene rings is 2. The standard InChI is InChI=1S/C25H27FN4O3.ClH/c1-2-29-19-7-3-4-8-20(19)30-13-11-21(31)23(25(29)30)24(32)28-16-9-10-22(18(26)14-16)33-15-17-6-5-12-27-17;/h3-4,7-10,14,17,27H,2,5-6,11-13,15H2,1H3,(H,28,32);1H/t17-;/m0./s1. The van der Waals surface area contributed by atoms with E-state index >= 15 is 0 Å². The van der Waals surface area contributed by atoms with Crippen LogP contribution in [0.25, 0.3) is 0 Å². The fraction of sp³-hybridized carbons (Fsp3) is 0.360. The molecule has 1 fully saturated rings. The summed E-state index contributed by atoms with van der Waals surface area (Å²) in [6.45, 7) is 4.47. The lowest BCUT2D eigenvalue weighted by molar-refractivity contribution is -0.120. The highest BCUT2D eigenvalue weighted by atomic mass is 35.5. The number of ketones is 1. The van der Waals surface area contributed by atoms with E-state index in [1.165, 1.54) is 12.1 Å². The molecule has 9 heteroatoms. The van der Waals surface area contributed by atoms with Gasteiger partial charge in [-0.15, -0.1) is 12.4 Å². The molecule has 0 aliphatic carbocycles. The van der Waals surface area contributed by atoms with Gasteiger partial charge in [0.15, 0.2) is 17.3 Å². The second kappa shape index (κ2) is 10.0. The van der Waals surface area contributed by atoms with Gasteiger partial charge >= 0.3 is 0 Å². The molecule has 0 saturated carbocycles. The SMILES string of the molecule is CCN1C2=C(C(=O)Nc3ccc(OC[C@@H]4CCCN4)c(F)c3)C(=O)CCN2c2ccccc21.Cl. The summed E-state index contributed by atoms with van der Waals surface area (Å²) in [6, 6.07) is 12.4. The Kier molecular flexibility index (Phi) is 7.09. The van der Waals surface area contributed by atoms with E-state index in [1.807, 2.05) is 41.0 Å². The molecular formula is C25H28ClFN4O3. The summed E-state index contributed by atoms with van der Waals surface area (Å²) < 4.78 is 20.2. The molecule has 0 radical (unpaired) electrons. The van der Waals surface area contributed by atoms with Crippen molar-refractivity contribution in [2.45, 2.75) is 32.2 Å². The van der Waals surface area contributed by atoms with Gasteiger partial charge in [0.1, 0.15) is 18.0 Å². The van der Waals surface area contributed by atoms with Crippen molar-refractivity contribution in [1.29, 1.82) is 0 Å². The molecule has 1 saturated heterocycles. The molecule has 0 aromatic heterocycles. The molecule has 1 amide bonds. The van der Waals surface area contributed by atoms with Crippen LogP contribution in [0.1, 0.15) is 26.2 Å². The Morgan fingerprint density at radius 1 is 1.24 bits per heavy atom. The highest BCUT2D eigenvalue weighted by molar-refractivity contribution is 6.25. The van der Waals surface area contributed by atoms with Crippen LogP contribution in [0.2, 0.25) is 0 Å². The monoisotopic (exact) mass is 486 g/mol. The van der Waals surface area contributed by atoms with Crippen molar-refractivity contribution in [2.75, 3.05) is 41.4 Å². The van der Waals surface area contributed by atoms with Gasteiger partial charge in [0, 0.05) is 37.3 Å². The highest BCUT2D eigenvalue weighted by Crippen LogP contribution is 2.44. The summed E-state index contributed by atoms with van der Waals surface area (Å²) >= 11 is 0. The van der Waals surface area contributed by atoms with Crippen molar-refractivity contribution in [3.05, 3.63) is 59.7 Å². The number of para-hydroxylation sites is 2. The minimum Gasteiger partial charge on any atom is -0.489 e. The maximum absolute atomic E-state index is 14.6. The average Bonchev–Trinajstić information content (AvgIpc) is 3.44. The summed E-state index contributed by atoms with van der Waals surface area (Å²) in [5, 5.41) is 6.02. The minimum atomic E-state index is -0.552. The van der Waals surface area contributed by atoms with Gasteiger partial charge in [-0.2, -0.15) is 0 Å². The number of halogens is 2. The highest BCUT2D eigenvalue weighted by Gasteiger charge is 2.40. The lowest BCUT2D eigenvalue weighted by Crippen LogP contribution is -2.40. The Labute approximate surface area is 204 Å². The van der Waals surface area contributed by atoms with Crippen molar-refractivity contribution < 1.29 is 18.7 Å². The zero-order chi connectivity index (χ0) is 22.9. The summed E-state index contributed by atoms with van der Waals surface area (Å²) in [5.74, 6) is -0.559. The molecule has 2 aromatic carbocycles. The molecule has 2 N–H and O–H groups in total. The molecule has 3 aliphatic rings. The molecule has 180 valence electrons. The topological polar surface area (TPSA) is 73.9 Å². The second-order valence-corrected chi connectivity index (χ2v) is 8.46. The second-order valence-electron chi connectivity index (χ2n) is 8.46. The van der Waals surface area contributed by atoms with Crippen molar-refractivity contribution in [2.24, 2.45) is 0 Å².